The lowest BCUT2D eigenvalue weighted by Crippen LogP contribution is -2.62. The number of hydrogen-bond acceptors (Lipinski definition) is 3. The first-order valence-electron chi connectivity index (χ1n) is 8.87. The van der Waals surface area contributed by atoms with Crippen molar-refractivity contribution in [2.45, 2.75) is 30.1 Å². The topological polar surface area (TPSA) is 46.6 Å². The highest BCUT2D eigenvalue weighted by Gasteiger charge is 2.55. The molecule has 0 atom stereocenters. The Morgan fingerprint density at radius 2 is 1.80 bits per heavy atom. The molecular weight excluding hydrogens is 334 g/mol. The van der Waals surface area contributed by atoms with Crippen LogP contribution in [0.3, 0.4) is 0 Å². The third kappa shape index (κ3) is 2.41. The van der Waals surface area contributed by atoms with E-state index < -0.39 is 10.0 Å². The molecule has 0 amide bonds. The molecule has 2 aliphatic heterocycles. The van der Waals surface area contributed by atoms with Gasteiger partial charge in [-0.3, -0.25) is 0 Å². The molecule has 0 N–H and O–H groups in total. The van der Waals surface area contributed by atoms with Crippen LogP contribution in [0.15, 0.2) is 53.4 Å². The number of ether oxygens (including phenoxy) is 1. The number of sulfonamides is 1. The second-order valence-electron chi connectivity index (χ2n) is 7.66. The minimum Gasteiger partial charge on any atom is -0.493 e. The van der Waals surface area contributed by atoms with Crippen molar-refractivity contribution in [3.05, 3.63) is 59.7 Å². The van der Waals surface area contributed by atoms with Gasteiger partial charge in [-0.1, -0.05) is 30.3 Å². The highest BCUT2D eigenvalue weighted by molar-refractivity contribution is 7.89. The van der Waals surface area contributed by atoms with Crippen LogP contribution in [0.4, 0.5) is 0 Å². The average molecular weight is 355 g/mol. The average Bonchev–Trinajstić information content (AvgIpc) is 3.00. The van der Waals surface area contributed by atoms with Gasteiger partial charge in [-0.2, -0.15) is 4.31 Å². The number of benzene rings is 2. The summed E-state index contributed by atoms with van der Waals surface area (Å²) in [4.78, 5) is 0.408. The van der Waals surface area contributed by atoms with E-state index in [0.29, 0.717) is 30.5 Å². The van der Waals surface area contributed by atoms with Crippen LogP contribution >= 0.6 is 0 Å². The first-order chi connectivity index (χ1) is 12.1. The van der Waals surface area contributed by atoms with Crippen LogP contribution in [0.25, 0.3) is 0 Å². The first kappa shape index (κ1) is 15.4. The van der Waals surface area contributed by atoms with E-state index in [1.165, 1.54) is 5.56 Å². The normalized spacial score (nSPS) is 22.1. The predicted octanol–water partition coefficient (Wildman–Crippen LogP) is 3.19. The van der Waals surface area contributed by atoms with Crippen LogP contribution in [0.1, 0.15) is 29.9 Å². The molecule has 2 heterocycles. The molecule has 1 saturated carbocycles. The molecule has 1 saturated heterocycles. The van der Waals surface area contributed by atoms with Gasteiger partial charge in [0, 0.05) is 19.5 Å². The number of fused-ring (bicyclic) bond motifs is 1. The van der Waals surface area contributed by atoms with Gasteiger partial charge in [0.1, 0.15) is 5.75 Å². The van der Waals surface area contributed by atoms with E-state index >= 15 is 0 Å². The van der Waals surface area contributed by atoms with E-state index in [1.54, 1.807) is 22.5 Å². The fraction of sp³-hybridized carbons (Fsp3) is 0.400. The summed E-state index contributed by atoms with van der Waals surface area (Å²) in [5.74, 6) is 1.41. The third-order valence-electron chi connectivity index (χ3n) is 5.95. The van der Waals surface area contributed by atoms with Crippen molar-refractivity contribution in [1.82, 2.24) is 4.31 Å². The van der Waals surface area contributed by atoms with Gasteiger partial charge in [0.05, 0.1) is 11.5 Å². The zero-order valence-corrected chi connectivity index (χ0v) is 14.8. The molecule has 5 heteroatoms. The summed E-state index contributed by atoms with van der Waals surface area (Å²) in [6.07, 6.45) is 2.99. The van der Waals surface area contributed by atoms with Gasteiger partial charge in [-0.15, -0.1) is 0 Å². The minimum atomic E-state index is -3.38. The maximum atomic E-state index is 12.9. The maximum absolute atomic E-state index is 12.9. The van der Waals surface area contributed by atoms with Gasteiger partial charge < -0.3 is 4.74 Å². The van der Waals surface area contributed by atoms with Crippen molar-refractivity contribution in [2.75, 3.05) is 19.7 Å². The second kappa shape index (κ2) is 5.32. The Bertz CT molecular complexity index is 909. The summed E-state index contributed by atoms with van der Waals surface area (Å²) in [6.45, 7) is 1.96. The molecule has 1 spiro atoms. The van der Waals surface area contributed by atoms with Crippen LogP contribution in [-0.2, 0) is 16.4 Å². The summed E-state index contributed by atoms with van der Waals surface area (Å²) in [5, 5.41) is 0. The number of hydrogen-bond donors (Lipinski definition) is 0. The molecular formula is C20H21NO3S. The molecule has 2 aromatic rings. The smallest absolute Gasteiger partial charge is 0.243 e. The van der Waals surface area contributed by atoms with Crippen LogP contribution < -0.4 is 4.74 Å². The van der Waals surface area contributed by atoms with Crippen molar-refractivity contribution in [3.63, 3.8) is 0 Å². The van der Waals surface area contributed by atoms with E-state index in [9.17, 15) is 8.42 Å². The predicted molar refractivity (Wildman–Crippen MR) is 95.2 cm³/mol. The van der Waals surface area contributed by atoms with Crippen LogP contribution in [-0.4, -0.2) is 32.4 Å². The van der Waals surface area contributed by atoms with Crippen molar-refractivity contribution in [2.24, 2.45) is 5.41 Å². The Balaban J connectivity index is 1.28. The molecule has 3 aliphatic rings. The Kier molecular flexibility index (Phi) is 3.28. The first-order valence-corrected chi connectivity index (χ1v) is 10.3. The summed E-state index contributed by atoms with van der Waals surface area (Å²) in [5.41, 5.74) is 2.59. The van der Waals surface area contributed by atoms with Crippen LogP contribution in [0.2, 0.25) is 0 Å². The quantitative estimate of drug-likeness (QED) is 0.849. The standard InChI is InChI=1S/C20H21NO3S/c22-25(23,18-6-7-19-16(10-18)8-9-24-19)21-13-20(14-21)11-17(12-20)15-4-2-1-3-5-15/h1-7,10,17H,8-9,11-14H2. The Morgan fingerprint density at radius 1 is 1.04 bits per heavy atom. The number of rotatable bonds is 3. The van der Waals surface area contributed by atoms with Gasteiger partial charge in [-0.25, -0.2) is 8.42 Å². The van der Waals surface area contributed by atoms with E-state index in [4.69, 9.17) is 4.74 Å². The van der Waals surface area contributed by atoms with Gasteiger partial charge in [0.15, 0.2) is 0 Å². The fourth-order valence-electron chi connectivity index (χ4n) is 4.55. The molecule has 2 fully saturated rings. The second-order valence-corrected chi connectivity index (χ2v) is 9.59. The zero-order chi connectivity index (χ0) is 17.1. The monoisotopic (exact) mass is 355 g/mol. The number of nitrogens with zero attached hydrogens (tertiary/aromatic N) is 1. The van der Waals surface area contributed by atoms with E-state index in [1.807, 2.05) is 6.07 Å². The SMILES string of the molecule is O=S(=O)(c1ccc2c(c1)CCO2)N1CC2(CC(c3ccccc3)C2)C1. The van der Waals surface area contributed by atoms with Gasteiger partial charge in [0.2, 0.25) is 10.0 Å². The lowest BCUT2D eigenvalue weighted by Gasteiger charge is -2.58. The molecule has 4 nitrogen and oxygen atoms in total. The van der Waals surface area contributed by atoms with E-state index in [-0.39, 0.29) is 5.41 Å². The largest absolute Gasteiger partial charge is 0.493 e. The van der Waals surface area contributed by atoms with Gasteiger partial charge >= 0.3 is 0 Å². The van der Waals surface area contributed by atoms with Crippen molar-refractivity contribution >= 4 is 10.0 Å². The lowest BCUT2D eigenvalue weighted by atomic mass is 9.57. The van der Waals surface area contributed by atoms with Gasteiger partial charge in [-0.05, 0) is 53.5 Å². The molecule has 0 aromatic heterocycles. The molecule has 0 radical (unpaired) electrons. The molecule has 25 heavy (non-hydrogen) atoms. The van der Waals surface area contributed by atoms with Crippen molar-refractivity contribution in [3.8, 4) is 5.75 Å². The van der Waals surface area contributed by atoms with Crippen LogP contribution in [0.5, 0.6) is 5.75 Å². The highest BCUT2D eigenvalue weighted by atomic mass is 32.2. The molecule has 130 valence electrons. The molecule has 0 bridgehead atoms. The highest BCUT2D eigenvalue weighted by Crippen LogP contribution is 2.57. The minimum absolute atomic E-state index is 0.202. The molecule has 0 unspecified atom stereocenters. The summed E-state index contributed by atoms with van der Waals surface area (Å²) < 4.78 is 32.9. The van der Waals surface area contributed by atoms with Crippen molar-refractivity contribution < 1.29 is 13.2 Å². The Morgan fingerprint density at radius 3 is 2.56 bits per heavy atom. The molecule has 1 aliphatic carbocycles. The zero-order valence-electron chi connectivity index (χ0n) is 14.0. The maximum Gasteiger partial charge on any atom is 0.243 e. The van der Waals surface area contributed by atoms with Gasteiger partial charge in [0.25, 0.3) is 0 Å². The van der Waals surface area contributed by atoms with Crippen molar-refractivity contribution in [1.29, 1.82) is 0 Å². The van der Waals surface area contributed by atoms with E-state index in [2.05, 4.69) is 24.3 Å². The fourth-order valence-corrected chi connectivity index (χ4v) is 6.27. The van der Waals surface area contributed by atoms with Crippen LogP contribution in [0, 0.1) is 5.41 Å². The Labute approximate surface area is 148 Å². The molecule has 2 aromatic carbocycles. The summed E-state index contributed by atoms with van der Waals surface area (Å²) in [6, 6.07) is 15.8. The van der Waals surface area contributed by atoms with E-state index in [0.717, 1.165) is 30.6 Å². The lowest BCUT2D eigenvalue weighted by molar-refractivity contribution is -0.0255. The third-order valence-corrected chi connectivity index (χ3v) is 7.74. The summed E-state index contributed by atoms with van der Waals surface area (Å²) in [7, 11) is -3.38. The molecule has 5 rings (SSSR count). The Hall–Kier alpha value is -1.85. The summed E-state index contributed by atoms with van der Waals surface area (Å²) >= 11 is 0.